The average Bonchev–Trinajstić information content (AvgIpc) is 2.95. The number of aromatic nitrogens is 1. The molecule has 1 amide bonds. The number of alkyl halides is 3. The fraction of sp³-hybridized carbons (Fsp3) is 0.226. The predicted molar refractivity (Wildman–Crippen MR) is 148 cm³/mol. The highest BCUT2D eigenvalue weighted by Crippen LogP contribution is 2.35. The second kappa shape index (κ2) is 13.3. The smallest absolute Gasteiger partial charge is 0.417 e. The third-order valence-electron chi connectivity index (χ3n) is 6.32. The summed E-state index contributed by atoms with van der Waals surface area (Å²) in [5, 5.41) is -0.331. The first-order chi connectivity index (χ1) is 19.2. The second-order valence-corrected chi connectivity index (χ2v) is 9.62. The number of benzene rings is 2. The number of carbonyl (C=O) groups excluding carboxylic acids is 1. The predicted octanol–water partition coefficient (Wildman–Crippen LogP) is 6.71. The number of nitrogens with two attached hydrogens (primary N) is 1. The monoisotopic (exact) mass is 565 g/mol. The molecule has 0 spiro atoms. The summed E-state index contributed by atoms with van der Waals surface area (Å²) >= 11 is 5.86. The lowest BCUT2D eigenvalue weighted by atomic mass is 9.89. The van der Waals surface area contributed by atoms with E-state index in [4.69, 9.17) is 22.1 Å². The minimum Gasteiger partial charge on any atom is -0.478 e. The molecule has 0 aliphatic heterocycles. The van der Waals surface area contributed by atoms with Gasteiger partial charge in [0.15, 0.2) is 0 Å². The van der Waals surface area contributed by atoms with E-state index in [9.17, 15) is 18.0 Å². The molecule has 206 valence electrons. The Hall–Kier alpha value is -4.06. The Morgan fingerprint density at radius 3 is 2.58 bits per heavy atom. The van der Waals surface area contributed by atoms with Gasteiger partial charge in [-0.25, -0.2) is 4.98 Å². The lowest BCUT2D eigenvalue weighted by Gasteiger charge is -2.28. The van der Waals surface area contributed by atoms with E-state index in [2.05, 4.69) is 21.3 Å². The Kier molecular flexibility index (Phi) is 9.65. The van der Waals surface area contributed by atoms with Gasteiger partial charge in [0.1, 0.15) is 0 Å². The zero-order valence-electron chi connectivity index (χ0n) is 21.5. The van der Waals surface area contributed by atoms with Gasteiger partial charge >= 0.3 is 6.18 Å². The maximum absolute atomic E-state index is 13.5. The van der Waals surface area contributed by atoms with Gasteiger partial charge in [-0.1, -0.05) is 65.5 Å². The van der Waals surface area contributed by atoms with E-state index < -0.39 is 17.6 Å². The number of hydrogen-bond donors (Lipinski definition) is 1. The van der Waals surface area contributed by atoms with Crippen molar-refractivity contribution in [3.8, 4) is 5.88 Å². The largest absolute Gasteiger partial charge is 0.478 e. The van der Waals surface area contributed by atoms with E-state index in [-0.39, 0.29) is 23.0 Å². The van der Waals surface area contributed by atoms with Crippen molar-refractivity contribution < 1.29 is 22.7 Å². The van der Waals surface area contributed by atoms with Crippen molar-refractivity contribution in [2.24, 2.45) is 5.73 Å². The van der Waals surface area contributed by atoms with Crippen LogP contribution in [0.3, 0.4) is 0 Å². The number of halogens is 4. The van der Waals surface area contributed by atoms with Crippen molar-refractivity contribution in [3.63, 3.8) is 0 Å². The first-order valence-electron chi connectivity index (χ1n) is 12.6. The molecule has 9 heteroatoms. The van der Waals surface area contributed by atoms with Crippen LogP contribution in [0.25, 0.3) is 0 Å². The molecule has 2 N–H and O–H groups in total. The molecule has 0 saturated heterocycles. The number of amides is 1. The van der Waals surface area contributed by atoms with Gasteiger partial charge in [-0.15, -0.1) is 0 Å². The molecule has 3 aromatic rings. The SMILES string of the molecule is NC(=O)c1ccc(OCCCN(Cc2ccc(Cl)c(C(F)(F)F)c2)CC(C2=C=C=CC=C2)c2ccccc2)nc1. The number of ether oxygens (including phenoxy) is 1. The van der Waals surface area contributed by atoms with Crippen molar-refractivity contribution in [2.75, 3.05) is 19.7 Å². The van der Waals surface area contributed by atoms with Crippen molar-refractivity contribution >= 4 is 17.5 Å². The van der Waals surface area contributed by atoms with Crippen LogP contribution in [0.1, 0.15) is 39.4 Å². The number of carbonyl (C=O) groups is 1. The van der Waals surface area contributed by atoms with Gasteiger partial charge in [-0.05, 0) is 47.9 Å². The lowest BCUT2D eigenvalue weighted by molar-refractivity contribution is -0.137. The Balaban J connectivity index is 1.54. The van der Waals surface area contributed by atoms with Crippen LogP contribution in [0.2, 0.25) is 5.02 Å². The molecule has 1 aliphatic carbocycles. The Morgan fingerprint density at radius 2 is 1.93 bits per heavy atom. The van der Waals surface area contributed by atoms with E-state index in [0.717, 1.165) is 17.2 Å². The van der Waals surface area contributed by atoms with Gasteiger partial charge in [0.25, 0.3) is 0 Å². The fourth-order valence-corrected chi connectivity index (χ4v) is 4.58. The first kappa shape index (κ1) is 28.9. The summed E-state index contributed by atoms with van der Waals surface area (Å²) < 4.78 is 46.4. The Morgan fingerprint density at radius 1 is 1.12 bits per heavy atom. The summed E-state index contributed by atoms with van der Waals surface area (Å²) in [6.07, 6.45) is 3.01. The quantitative estimate of drug-likeness (QED) is 0.196. The third kappa shape index (κ3) is 7.98. The zero-order chi connectivity index (χ0) is 28.5. The number of allylic oxidation sites excluding steroid dienone is 3. The molecule has 0 radical (unpaired) electrons. The summed E-state index contributed by atoms with van der Waals surface area (Å²) in [5.74, 6) is -0.315. The minimum absolute atomic E-state index is 0.0861. The molecule has 5 nitrogen and oxygen atoms in total. The molecule has 1 aromatic heterocycles. The first-order valence-corrected chi connectivity index (χ1v) is 13.0. The number of pyridine rings is 1. The van der Waals surface area contributed by atoms with Gasteiger partial charge in [0.2, 0.25) is 11.8 Å². The molecule has 1 unspecified atom stereocenters. The van der Waals surface area contributed by atoms with Crippen molar-refractivity contribution in [2.45, 2.75) is 25.1 Å². The highest BCUT2D eigenvalue weighted by molar-refractivity contribution is 6.31. The molecule has 0 bridgehead atoms. The highest BCUT2D eigenvalue weighted by Gasteiger charge is 2.33. The zero-order valence-corrected chi connectivity index (χ0v) is 22.3. The van der Waals surface area contributed by atoms with E-state index in [1.54, 1.807) is 18.2 Å². The molecule has 0 saturated carbocycles. The highest BCUT2D eigenvalue weighted by atomic mass is 35.5. The minimum atomic E-state index is -4.55. The Bertz CT molecular complexity index is 1460. The molecular weight excluding hydrogens is 539 g/mol. The fourth-order valence-electron chi connectivity index (χ4n) is 4.35. The van der Waals surface area contributed by atoms with Crippen molar-refractivity contribution in [3.05, 3.63) is 129 Å². The van der Waals surface area contributed by atoms with Crippen molar-refractivity contribution in [1.29, 1.82) is 0 Å². The lowest BCUT2D eigenvalue weighted by Crippen LogP contribution is -2.31. The average molecular weight is 566 g/mol. The molecule has 0 fully saturated rings. The molecular formula is C31H27ClF3N3O2. The number of rotatable bonds is 12. The summed E-state index contributed by atoms with van der Waals surface area (Å²) in [5.41, 5.74) is 13.4. The van der Waals surface area contributed by atoms with Gasteiger partial charge in [-0.3, -0.25) is 9.69 Å². The van der Waals surface area contributed by atoms with E-state index >= 15 is 0 Å². The molecule has 4 rings (SSSR count). The molecule has 1 aliphatic rings. The van der Waals surface area contributed by atoms with Gasteiger partial charge in [0, 0.05) is 43.4 Å². The number of hydrogen-bond acceptors (Lipinski definition) is 4. The van der Waals surface area contributed by atoms with Gasteiger partial charge in [0.05, 0.1) is 22.8 Å². The van der Waals surface area contributed by atoms with Crippen LogP contribution in [0.4, 0.5) is 13.2 Å². The van der Waals surface area contributed by atoms with E-state index in [0.29, 0.717) is 37.6 Å². The van der Waals surface area contributed by atoms with Crippen molar-refractivity contribution in [1.82, 2.24) is 9.88 Å². The number of primary amides is 1. The summed E-state index contributed by atoms with van der Waals surface area (Å²) in [6.45, 7) is 1.64. The molecule has 1 atom stereocenters. The van der Waals surface area contributed by atoms with Crippen LogP contribution in [0.5, 0.6) is 5.88 Å². The maximum atomic E-state index is 13.5. The molecule has 40 heavy (non-hydrogen) atoms. The summed E-state index contributed by atoms with van der Waals surface area (Å²) in [4.78, 5) is 17.4. The van der Waals surface area contributed by atoms with Crippen LogP contribution in [0, 0.1) is 0 Å². The number of nitrogens with zero attached hydrogens (tertiary/aromatic N) is 2. The van der Waals surface area contributed by atoms with E-state index in [1.807, 2.05) is 42.5 Å². The van der Waals surface area contributed by atoms with Crippen LogP contribution in [-0.4, -0.2) is 35.5 Å². The van der Waals surface area contributed by atoms with Gasteiger partial charge in [-0.2, -0.15) is 13.2 Å². The molecule has 1 heterocycles. The third-order valence-corrected chi connectivity index (χ3v) is 6.65. The summed E-state index contributed by atoms with van der Waals surface area (Å²) in [6, 6.07) is 17.0. The van der Waals surface area contributed by atoms with Crippen LogP contribution in [0.15, 0.2) is 102 Å². The maximum Gasteiger partial charge on any atom is 0.417 e. The summed E-state index contributed by atoms with van der Waals surface area (Å²) in [7, 11) is 0. The van der Waals surface area contributed by atoms with Crippen LogP contribution < -0.4 is 10.5 Å². The topological polar surface area (TPSA) is 68.5 Å². The van der Waals surface area contributed by atoms with Crippen LogP contribution >= 0.6 is 11.6 Å². The van der Waals surface area contributed by atoms with Gasteiger partial charge < -0.3 is 10.5 Å². The standard InChI is InChI=1S/C31H27ClF3N3O2/c32-28-14-12-22(18-27(28)31(33,34)35)20-38(16-7-17-40-29-15-13-25(19-37-29)30(36)39)21-26(23-8-3-1-4-9-23)24-10-5-2-6-11-24/h1-5,8-10,12-15,18-19,26H,7,16-17,20-21H2,(H2,36,39). The molecule has 2 aromatic carbocycles. The Labute approximate surface area is 235 Å². The normalized spacial score (nSPS) is 13.4. The van der Waals surface area contributed by atoms with Crippen LogP contribution in [-0.2, 0) is 12.7 Å². The van der Waals surface area contributed by atoms with E-state index in [1.165, 1.54) is 18.3 Å². The second-order valence-electron chi connectivity index (χ2n) is 9.21.